The number of aromatic nitrogens is 2. The fourth-order valence-corrected chi connectivity index (χ4v) is 1.78. The van der Waals surface area contributed by atoms with Crippen LogP contribution in [0.5, 0.6) is 0 Å². The summed E-state index contributed by atoms with van der Waals surface area (Å²) in [5.41, 5.74) is -0.364. The summed E-state index contributed by atoms with van der Waals surface area (Å²) in [5, 5.41) is 44.6. The van der Waals surface area contributed by atoms with Crippen LogP contribution in [0.2, 0.25) is 0 Å². The third-order valence-corrected chi connectivity index (χ3v) is 2.67. The van der Waals surface area contributed by atoms with Crippen molar-refractivity contribution in [2.75, 3.05) is 6.61 Å². The Kier molecular flexibility index (Phi) is 3.07. The summed E-state index contributed by atoms with van der Waals surface area (Å²) in [6.07, 6.45) is -3.74. The van der Waals surface area contributed by atoms with Gasteiger partial charge in [-0.05, 0) is 0 Å². The molecule has 0 aromatic carbocycles. The highest BCUT2D eigenvalue weighted by Gasteiger charge is 2.46. The highest BCUT2D eigenvalue weighted by atomic mass is 16.6. The smallest absolute Gasteiger partial charge is 0.312 e. The minimum absolute atomic E-state index is 0.0301. The van der Waals surface area contributed by atoms with E-state index in [9.17, 15) is 20.3 Å². The molecular weight excluding hydrogens is 234 g/mol. The van der Waals surface area contributed by atoms with E-state index in [0.717, 1.165) is 6.20 Å². The Labute approximate surface area is 94.8 Å². The number of aliphatic hydroxyl groups excluding tert-OH is 3. The number of aliphatic hydroxyl groups is 3. The molecule has 1 saturated heterocycles. The molecule has 4 atom stereocenters. The number of nitrogens with one attached hydrogen (secondary N) is 1. The summed E-state index contributed by atoms with van der Waals surface area (Å²) in [6, 6.07) is 0. The van der Waals surface area contributed by atoms with Crippen molar-refractivity contribution in [2.45, 2.75) is 24.4 Å². The largest absolute Gasteiger partial charge is 0.394 e. The van der Waals surface area contributed by atoms with Crippen LogP contribution in [0.3, 0.4) is 0 Å². The number of hydrogen-bond donors (Lipinski definition) is 4. The van der Waals surface area contributed by atoms with E-state index < -0.39 is 35.9 Å². The predicted octanol–water partition coefficient (Wildman–Crippen LogP) is -1.53. The van der Waals surface area contributed by atoms with Gasteiger partial charge in [-0.2, -0.15) is 5.10 Å². The molecule has 0 amide bonds. The molecule has 1 aliphatic rings. The zero-order chi connectivity index (χ0) is 12.6. The maximum absolute atomic E-state index is 10.7. The highest BCUT2D eigenvalue weighted by molar-refractivity contribution is 5.35. The molecule has 0 saturated carbocycles. The number of ether oxygens (including phenoxy) is 1. The standard InChI is InChI=1S/C8H11N3O6/c12-2-4-6(13)7(14)8(17-4)5-3(11(15)16)1-9-10-5/h1,4,6-8,12-14H,2H2,(H,9,10)/t4-,6-,7-,8?/m1/s1. The van der Waals surface area contributed by atoms with E-state index in [-0.39, 0.29) is 11.4 Å². The van der Waals surface area contributed by atoms with Gasteiger partial charge in [0.15, 0.2) is 0 Å². The minimum Gasteiger partial charge on any atom is -0.394 e. The van der Waals surface area contributed by atoms with Crippen LogP contribution in [0.4, 0.5) is 5.69 Å². The van der Waals surface area contributed by atoms with Gasteiger partial charge in [0.2, 0.25) is 0 Å². The van der Waals surface area contributed by atoms with Gasteiger partial charge in [-0.25, -0.2) is 0 Å². The third-order valence-electron chi connectivity index (χ3n) is 2.67. The number of hydrogen-bond acceptors (Lipinski definition) is 7. The van der Waals surface area contributed by atoms with Crippen LogP contribution in [0.25, 0.3) is 0 Å². The van der Waals surface area contributed by atoms with E-state index in [0.29, 0.717) is 0 Å². The van der Waals surface area contributed by atoms with Crippen molar-refractivity contribution in [1.29, 1.82) is 0 Å². The second-order valence-corrected chi connectivity index (χ2v) is 3.68. The molecule has 1 fully saturated rings. The number of rotatable bonds is 3. The number of H-pyrrole nitrogens is 1. The third kappa shape index (κ3) is 1.89. The number of nitrogens with zero attached hydrogens (tertiary/aromatic N) is 2. The second-order valence-electron chi connectivity index (χ2n) is 3.68. The molecule has 17 heavy (non-hydrogen) atoms. The normalized spacial score (nSPS) is 32.9. The Hall–Kier alpha value is -1.55. The highest BCUT2D eigenvalue weighted by Crippen LogP contribution is 2.36. The molecule has 9 nitrogen and oxygen atoms in total. The SMILES string of the molecule is O=[N+]([O-])c1cn[nH]c1C1O[C@H](CO)[C@@H](O)[C@H]1O. The fraction of sp³-hybridized carbons (Fsp3) is 0.625. The summed E-state index contributed by atoms with van der Waals surface area (Å²) in [4.78, 5) is 10.0. The van der Waals surface area contributed by atoms with Gasteiger partial charge in [0.1, 0.15) is 36.3 Å². The number of aromatic amines is 1. The van der Waals surface area contributed by atoms with Crippen molar-refractivity contribution >= 4 is 5.69 Å². The van der Waals surface area contributed by atoms with E-state index in [1.807, 2.05) is 0 Å². The van der Waals surface area contributed by atoms with E-state index >= 15 is 0 Å². The van der Waals surface area contributed by atoms with Crippen LogP contribution in [-0.2, 0) is 4.74 Å². The lowest BCUT2D eigenvalue weighted by Gasteiger charge is -2.11. The van der Waals surface area contributed by atoms with Gasteiger partial charge >= 0.3 is 5.69 Å². The van der Waals surface area contributed by atoms with Gasteiger partial charge in [-0.15, -0.1) is 0 Å². The average molecular weight is 245 g/mol. The van der Waals surface area contributed by atoms with Gasteiger partial charge in [0.25, 0.3) is 0 Å². The Morgan fingerprint density at radius 3 is 2.76 bits per heavy atom. The van der Waals surface area contributed by atoms with Crippen molar-refractivity contribution in [3.05, 3.63) is 22.0 Å². The Morgan fingerprint density at radius 1 is 1.53 bits per heavy atom. The van der Waals surface area contributed by atoms with Crippen LogP contribution < -0.4 is 0 Å². The fourth-order valence-electron chi connectivity index (χ4n) is 1.78. The first-order chi connectivity index (χ1) is 8.06. The van der Waals surface area contributed by atoms with Crippen molar-refractivity contribution < 1.29 is 25.0 Å². The summed E-state index contributed by atoms with van der Waals surface area (Å²) in [6.45, 7) is -0.489. The van der Waals surface area contributed by atoms with Crippen LogP contribution >= 0.6 is 0 Å². The summed E-state index contributed by atoms with van der Waals surface area (Å²) in [7, 11) is 0. The van der Waals surface area contributed by atoms with E-state index in [1.54, 1.807) is 0 Å². The van der Waals surface area contributed by atoms with Crippen molar-refractivity contribution in [3.8, 4) is 0 Å². The average Bonchev–Trinajstić information content (AvgIpc) is 2.86. The molecule has 0 aliphatic carbocycles. The quantitative estimate of drug-likeness (QED) is 0.374. The summed E-state index contributed by atoms with van der Waals surface area (Å²) in [5.74, 6) is 0. The predicted molar refractivity (Wildman–Crippen MR) is 52.0 cm³/mol. The zero-order valence-electron chi connectivity index (χ0n) is 8.55. The van der Waals surface area contributed by atoms with Crippen molar-refractivity contribution in [1.82, 2.24) is 10.2 Å². The van der Waals surface area contributed by atoms with E-state index in [1.165, 1.54) is 0 Å². The van der Waals surface area contributed by atoms with Crippen LogP contribution in [-0.4, -0.2) is 55.4 Å². The van der Waals surface area contributed by atoms with Crippen LogP contribution in [0.1, 0.15) is 11.8 Å². The van der Waals surface area contributed by atoms with E-state index in [2.05, 4.69) is 10.2 Å². The Balaban J connectivity index is 2.29. The first-order valence-corrected chi connectivity index (χ1v) is 4.86. The number of nitro groups is 1. The molecule has 0 radical (unpaired) electrons. The monoisotopic (exact) mass is 245 g/mol. The molecule has 0 spiro atoms. The molecule has 1 aromatic rings. The molecule has 1 unspecified atom stereocenters. The second kappa shape index (κ2) is 4.37. The lowest BCUT2D eigenvalue weighted by molar-refractivity contribution is -0.386. The van der Waals surface area contributed by atoms with Gasteiger partial charge in [-0.1, -0.05) is 0 Å². The molecule has 9 heteroatoms. The van der Waals surface area contributed by atoms with E-state index in [4.69, 9.17) is 9.84 Å². The van der Waals surface area contributed by atoms with Crippen molar-refractivity contribution in [3.63, 3.8) is 0 Å². The summed E-state index contributed by atoms with van der Waals surface area (Å²) < 4.78 is 5.14. The van der Waals surface area contributed by atoms with Crippen molar-refractivity contribution in [2.24, 2.45) is 0 Å². The van der Waals surface area contributed by atoms with Crippen LogP contribution in [0.15, 0.2) is 6.20 Å². The minimum atomic E-state index is -1.36. The first-order valence-electron chi connectivity index (χ1n) is 4.86. The molecule has 0 bridgehead atoms. The lowest BCUT2D eigenvalue weighted by atomic mass is 10.1. The van der Waals surface area contributed by atoms with Gasteiger partial charge in [0.05, 0.1) is 11.5 Å². The summed E-state index contributed by atoms with van der Waals surface area (Å²) >= 11 is 0. The molecule has 2 rings (SSSR count). The maximum Gasteiger partial charge on any atom is 0.312 e. The molecular formula is C8H11N3O6. The molecule has 4 N–H and O–H groups in total. The van der Waals surface area contributed by atoms with Gasteiger partial charge in [0, 0.05) is 0 Å². The topological polar surface area (TPSA) is 142 Å². The molecule has 2 heterocycles. The van der Waals surface area contributed by atoms with Gasteiger partial charge < -0.3 is 20.1 Å². The zero-order valence-corrected chi connectivity index (χ0v) is 8.55. The molecule has 1 aliphatic heterocycles. The van der Waals surface area contributed by atoms with Crippen LogP contribution in [0, 0.1) is 10.1 Å². The maximum atomic E-state index is 10.7. The Bertz CT molecular complexity index is 421. The first kappa shape index (κ1) is 11.9. The molecule has 94 valence electrons. The Morgan fingerprint density at radius 2 is 2.24 bits per heavy atom. The molecule has 1 aromatic heterocycles. The lowest BCUT2D eigenvalue weighted by Crippen LogP contribution is -2.32. The van der Waals surface area contributed by atoms with Gasteiger partial charge in [-0.3, -0.25) is 15.2 Å².